The van der Waals surface area contributed by atoms with E-state index in [0.29, 0.717) is 11.3 Å². The van der Waals surface area contributed by atoms with Crippen LogP contribution in [0.2, 0.25) is 0 Å². The highest BCUT2D eigenvalue weighted by atomic mass is 35.5. The number of hydrogen-bond acceptors (Lipinski definition) is 3. The van der Waals surface area contributed by atoms with Gasteiger partial charge in [-0.3, -0.25) is 5.10 Å². The molecule has 2 rings (SSSR count). The number of rotatable bonds is 4. The van der Waals surface area contributed by atoms with Crippen molar-refractivity contribution in [3.8, 4) is 0 Å². The van der Waals surface area contributed by atoms with Crippen molar-refractivity contribution in [3.63, 3.8) is 0 Å². The fourth-order valence-electron chi connectivity index (χ4n) is 2.77. The third-order valence-electron chi connectivity index (χ3n) is 3.87. The van der Waals surface area contributed by atoms with Gasteiger partial charge in [0.1, 0.15) is 0 Å². The minimum Gasteiger partial charge on any atom is -0.281 e. The minimum atomic E-state index is -3.56. The molecule has 0 radical (unpaired) electrons. The highest BCUT2D eigenvalue weighted by Crippen LogP contribution is 2.33. The monoisotopic (exact) mass is 305 g/mol. The smallest absolute Gasteiger partial charge is 0.263 e. The van der Waals surface area contributed by atoms with Crippen molar-refractivity contribution >= 4 is 21.6 Å². The van der Waals surface area contributed by atoms with Crippen molar-refractivity contribution in [3.05, 3.63) is 11.3 Å². The van der Waals surface area contributed by atoms with Gasteiger partial charge in [0.2, 0.25) is 0 Å². The predicted molar refractivity (Wildman–Crippen MR) is 74.7 cm³/mol. The number of nitrogens with one attached hydrogen (secondary N) is 1. The van der Waals surface area contributed by atoms with Crippen LogP contribution in [0.3, 0.4) is 0 Å². The van der Waals surface area contributed by atoms with E-state index in [1.165, 1.54) is 0 Å². The topological polar surface area (TPSA) is 66.1 Å². The molecule has 0 bridgehead atoms. The second-order valence-corrected chi connectivity index (χ2v) is 7.12. The van der Waals surface area contributed by atoms with Gasteiger partial charge in [-0.15, -0.1) is 11.6 Å². The Kier molecular flexibility index (Phi) is 4.23. The van der Waals surface area contributed by atoms with Crippen molar-refractivity contribution in [1.82, 2.24) is 14.5 Å². The Labute approximate surface area is 119 Å². The van der Waals surface area contributed by atoms with Crippen LogP contribution >= 0.6 is 11.6 Å². The van der Waals surface area contributed by atoms with Crippen LogP contribution < -0.4 is 0 Å². The van der Waals surface area contributed by atoms with Crippen LogP contribution in [-0.2, 0) is 15.9 Å². The average Bonchev–Trinajstić information content (AvgIpc) is 2.92. The number of alkyl halides is 1. The van der Waals surface area contributed by atoms with Crippen LogP contribution in [0.4, 0.5) is 0 Å². The Hall–Kier alpha value is -0.590. The quantitative estimate of drug-likeness (QED) is 0.869. The summed E-state index contributed by atoms with van der Waals surface area (Å²) in [6, 6.07) is 0.0929. The molecule has 1 aromatic rings. The van der Waals surface area contributed by atoms with Gasteiger partial charge in [-0.25, -0.2) is 8.42 Å². The molecule has 0 amide bonds. The van der Waals surface area contributed by atoms with E-state index in [9.17, 15) is 8.42 Å². The molecule has 2 heterocycles. The summed E-state index contributed by atoms with van der Waals surface area (Å²) in [7, 11) is -3.56. The second kappa shape index (κ2) is 5.42. The molecule has 0 aliphatic carbocycles. The maximum atomic E-state index is 12.8. The van der Waals surface area contributed by atoms with Gasteiger partial charge in [0.15, 0.2) is 5.03 Å². The summed E-state index contributed by atoms with van der Waals surface area (Å²) in [6.45, 7) is 5.75. The molecule has 0 saturated carbocycles. The molecule has 2 unspecified atom stereocenters. The van der Waals surface area contributed by atoms with Crippen molar-refractivity contribution in [2.45, 2.75) is 63.0 Å². The van der Waals surface area contributed by atoms with Crippen LogP contribution in [0.5, 0.6) is 0 Å². The van der Waals surface area contributed by atoms with Gasteiger partial charge in [-0.2, -0.15) is 9.40 Å². The largest absolute Gasteiger partial charge is 0.281 e. The molecule has 1 aromatic heterocycles. The number of H-pyrrole nitrogens is 1. The first-order valence-electron chi connectivity index (χ1n) is 6.56. The van der Waals surface area contributed by atoms with Crippen LogP contribution in [0.1, 0.15) is 44.4 Å². The SMILES string of the molecule is CCC1CCC(C)N1S(=O)(=O)c1n[nH]c(C)c1CCl. The number of aryl methyl sites for hydroxylation is 1. The summed E-state index contributed by atoms with van der Waals surface area (Å²) < 4.78 is 27.2. The van der Waals surface area contributed by atoms with Gasteiger partial charge in [0, 0.05) is 23.3 Å². The first-order valence-corrected chi connectivity index (χ1v) is 8.54. The Balaban J connectivity index is 2.47. The molecule has 1 aliphatic rings. The molecular weight excluding hydrogens is 286 g/mol. The molecule has 19 heavy (non-hydrogen) atoms. The molecule has 1 N–H and O–H groups in total. The van der Waals surface area contributed by atoms with E-state index in [1.807, 2.05) is 13.8 Å². The fourth-order valence-corrected chi connectivity index (χ4v) is 5.30. The normalized spacial score (nSPS) is 25.1. The first-order chi connectivity index (χ1) is 8.93. The standard InChI is InChI=1S/C12H20ClN3O2S/c1-4-10-6-5-8(2)16(10)19(17,18)12-11(7-13)9(3)14-15-12/h8,10H,4-7H2,1-3H3,(H,14,15). The number of hydrogen-bond donors (Lipinski definition) is 1. The van der Waals surface area contributed by atoms with Gasteiger partial charge >= 0.3 is 0 Å². The van der Waals surface area contributed by atoms with Gasteiger partial charge in [-0.05, 0) is 33.1 Å². The van der Waals surface area contributed by atoms with Crippen molar-refractivity contribution in [1.29, 1.82) is 0 Å². The van der Waals surface area contributed by atoms with Gasteiger partial charge in [0.05, 0.1) is 5.88 Å². The van der Waals surface area contributed by atoms with Crippen molar-refractivity contribution in [2.75, 3.05) is 0 Å². The van der Waals surface area contributed by atoms with Crippen molar-refractivity contribution < 1.29 is 8.42 Å². The van der Waals surface area contributed by atoms with E-state index in [-0.39, 0.29) is 23.0 Å². The number of aromatic nitrogens is 2. The van der Waals surface area contributed by atoms with Gasteiger partial charge < -0.3 is 0 Å². The third-order valence-corrected chi connectivity index (χ3v) is 6.18. The van der Waals surface area contributed by atoms with E-state index in [1.54, 1.807) is 11.2 Å². The lowest BCUT2D eigenvalue weighted by molar-refractivity contribution is 0.327. The molecule has 108 valence electrons. The average molecular weight is 306 g/mol. The Morgan fingerprint density at radius 2 is 2.16 bits per heavy atom. The van der Waals surface area contributed by atoms with E-state index in [4.69, 9.17) is 11.6 Å². The molecule has 1 fully saturated rings. The molecular formula is C12H20ClN3O2S. The van der Waals surface area contributed by atoms with E-state index in [0.717, 1.165) is 19.3 Å². The van der Waals surface area contributed by atoms with E-state index >= 15 is 0 Å². The van der Waals surface area contributed by atoms with Gasteiger partial charge in [-0.1, -0.05) is 6.92 Å². The lowest BCUT2D eigenvalue weighted by Crippen LogP contribution is -2.40. The summed E-state index contributed by atoms with van der Waals surface area (Å²) in [5.74, 6) is 0.149. The summed E-state index contributed by atoms with van der Waals surface area (Å²) >= 11 is 5.86. The number of sulfonamides is 1. The molecule has 2 atom stereocenters. The molecule has 0 spiro atoms. The second-order valence-electron chi connectivity index (χ2n) is 5.09. The van der Waals surface area contributed by atoms with E-state index < -0.39 is 10.0 Å². The Bertz CT molecular complexity index is 555. The van der Waals surface area contributed by atoms with Crippen LogP contribution in [0.25, 0.3) is 0 Å². The van der Waals surface area contributed by atoms with Crippen molar-refractivity contribution in [2.24, 2.45) is 0 Å². The fraction of sp³-hybridized carbons (Fsp3) is 0.750. The number of aromatic amines is 1. The third kappa shape index (κ3) is 2.41. The van der Waals surface area contributed by atoms with E-state index in [2.05, 4.69) is 10.2 Å². The molecule has 1 saturated heterocycles. The summed E-state index contributed by atoms with van der Waals surface area (Å²) in [4.78, 5) is 0. The zero-order chi connectivity index (χ0) is 14.2. The summed E-state index contributed by atoms with van der Waals surface area (Å²) in [6.07, 6.45) is 2.64. The first kappa shape index (κ1) is 14.8. The van der Waals surface area contributed by atoms with Crippen LogP contribution in [-0.4, -0.2) is 35.0 Å². The highest BCUT2D eigenvalue weighted by molar-refractivity contribution is 7.89. The maximum Gasteiger partial charge on any atom is 0.263 e. The van der Waals surface area contributed by atoms with Crippen LogP contribution in [0, 0.1) is 6.92 Å². The van der Waals surface area contributed by atoms with Gasteiger partial charge in [0.25, 0.3) is 10.0 Å². The zero-order valence-corrected chi connectivity index (χ0v) is 13.1. The molecule has 7 heteroatoms. The lowest BCUT2D eigenvalue weighted by Gasteiger charge is -2.26. The highest BCUT2D eigenvalue weighted by Gasteiger charge is 2.41. The Morgan fingerprint density at radius 1 is 1.47 bits per heavy atom. The minimum absolute atomic E-state index is 0.0233. The van der Waals surface area contributed by atoms with Crippen LogP contribution in [0.15, 0.2) is 5.03 Å². The molecule has 1 aliphatic heterocycles. The summed E-state index contributed by atoms with van der Waals surface area (Å²) in [5.41, 5.74) is 1.30. The number of nitrogens with zero attached hydrogens (tertiary/aromatic N) is 2. The maximum absolute atomic E-state index is 12.8. The Morgan fingerprint density at radius 3 is 2.74 bits per heavy atom. The predicted octanol–water partition coefficient (Wildman–Crippen LogP) is 2.41. The number of halogens is 1. The molecule has 0 aromatic carbocycles. The lowest BCUT2D eigenvalue weighted by atomic mass is 10.2. The zero-order valence-electron chi connectivity index (χ0n) is 11.5. The summed E-state index contributed by atoms with van der Waals surface area (Å²) in [5, 5.41) is 6.78. The molecule has 5 nitrogen and oxygen atoms in total.